The second-order valence-electron chi connectivity index (χ2n) is 6.74. The summed E-state index contributed by atoms with van der Waals surface area (Å²) < 4.78 is 7.13. The summed E-state index contributed by atoms with van der Waals surface area (Å²) in [5, 5.41) is 11.8. The van der Waals surface area contributed by atoms with Crippen molar-refractivity contribution in [2.75, 3.05) is 20.2 Å². The zero-order valence-corrected chi connectivity index (χ0v) is 17.9. The molecule has 0 unspecified atom stereocenters. The van der Waals surface area contributed by atoms with E-state index in [-0.39, 0.29) is 36.8 Å². The first-order valence-electron chi connectivity index (χ1n) is 8.88. The molecule has 0 spiro atoms. The van der Waals surface area contributed by atoms with E-state index in [1.165, 1.54) is 0 Å². The molecule has 0 aliphatic carbocycles. The second kappa shape index (κ2) is 10.1. The van der Waals surface area contributed by atoms with E-state index in [2.05, 4.69) is 27.6 Å². The minimum absolute atomic E-state index is 0. The largest absolute Gasteiger partial charge is 0.479 e. The number of carbonyl (C=O) groups excluding carboxylic acids is 1. The second-order valence-corrected chi connectivity index (χ2v) is 6.74. The summed E-state index contributed by atoms with van der Waals surface area (Å²) in [6, 6.07) is 0.252. The fraction of sp³-hybridized carbons (Fsp3) is 0.611. The summed E-state index contributed by atoms with van der Waals surface area (Å²) in [5.74, 6) is 0.687. The minimum atomic E-state index is 0. The van der Waals surface area contributed by atoms with Crippen LogP contribution in [0.3, 0.4) is 0 Å². The van der Waals surface area contributed by atoms with Gasteiger partial charge in [0.15, 0.2) is 5.65 Å². The third-order valence-electron chi connectivity index (χ3n) is 4.98. The van der Waals surface area contributed by atoms with Gasteiger partial charge < -0.3 is 15.4 Å². The number of nitrogens with one attached hydrogen (secondary N) is 2. The van der Waals surface area contributed by atoms with Crippen molar-refractivity contribution >= 4 is 41.8 Å². The van der Waals surface area contributed by atoms with Crippen LogP contribution in [-0.2, 0) is 18.3 Å². The van der Waals surface area contributed by atoms with Crippen molar-refractivity contribution in [2.24, 2.45) is 7.05 Å². The predicted octanol–water partition coefficient (Wildman–Crippen LogP) is 2.24. The standard InChI is InChI=1S/C18H27N5O2.2ClH/c1-11-14(7-8-15(24)21-13-6-5-9-19-10-13)12(2)20-17-16(11)18(25-4)22-23(17)3;;/h13,19H,5-10H2,1-4H3,(H,21,24);2*1H/t13-;;/m0../s1. The number of aromatic nitrogens is 3. The number of rotatable bonds is 5. The molecular weight excluding hydrogens is 389 g/mol. The summed E-state index contributed by atoms with van der Waals surface area (Å²) in [6.45, 7) is 5.96. The molecule has 1 fully saturated rings. The normalized spacial score (nSPS) is 16.4. The van der Waals surface area contributed by atoms with Crippen molar-refractivity contribution in [1.82, 2.24) is 25.4 Å². The van der Waals surface area contributed by atoms with E-state index in [1.54, 1.807) is 11.8 Å². The fourth-order valence-electron chi connectivity index (χ4n) is 3.62. The van der Waals surface area contributed by atoms with Crippen LogP contribution >= 0.6 is 24.8 Å². The molecule has 2 aromatic rings. The average molecular weight is 418 g/mol. The van der Waals surface area contributed by atoms with E-state index in [1.807, 2.05) is 14.0 Å². The van der Waals surface area contributed by atoms with Crippen LogP contribution < -0.4 is 15.4 Å². The van der Waals surface area contributed by atoms with E-state index in [4.69, 9.17) is 4.74 Å². The van der Waals surface area contributed by atoms with Gasteiger partial charge in [0, 0.05) is 31.7 Å². The summed E-state index contributed by atoms with van der Waals surface area (Å²) >= 11 is 0. The van der Waals surface area contributed by atoms with Crippen LogP contribution in [0, 0.1) is 13.8 Å². The molecule has 2 N–H and O–H groups in total. The highest BCUT2D eigenvalue weighted by Crippen LogP contribution is 2.30. The average Bonchev–Trinajstić information content (AvgIpc) is 2.91. The zero-order chi connectivity index (χ0) is 18.0. The number of piperidine rings is 1. The maximum Gasteiger partial charge on any atom is 0.242 e. The Balaban J connectivity index is 0.00000182. The lowest BCUT2D eigenvalue weighted by Crippen LogP contribution is -2.45. The molecule has 1 aliphatic rings. The first kappa shape index (κ1) is 23.5. The number of pyridine rings is 1. The third kappa shape index (κ3) is 5.03. The van der Waals surface area contributed by atoms with Crippen LogP contribution in [0.5, 0.6) is 5.88 Å². The van der Waals surface area contributed by atoms with Gasteiger partial charge in [-0.3, -0.25) is 4.79 Å². The van der Waals surface area contributed by atoms with Gasteiger partial charge in [0.05, 0.1) is 12.5 Å². The van der Waals surface area contributed by atoms with Gasteiger partial charge in [-0.05, 0) is 50.8 Å². The summed E-state index contributed by atoms with van der Waals surface area (Å²) in [5.41, 5.74) is 3.96. The summed E-state index contributed by atoms with van der Waals surface area (Å²) in [4.78, 5) is 17.0. The highest BCUT2D eigenvalue weighted by molar-refractivity contribution is 5.86. The lowest BCUT2D eigenvalue weighted by Gasteiger charge is -2.23. The highest BCUT2D eigenvalue weighted by atomic mass is 35.5. The van der Waals surface area contributed by atoms with Gasteiger partial charge in [-0.1, -0.05) is 0 Å². The zero-order valence-electron chi connectivity index (χ0n) is 16.3. The summed E-state index contributed by atoms with van der Waals surface area (Å²) in [6.07, 6.45) is 3.31. The molecule has 1 atom stereocenters. The van der Waals surface area contributed by atoms with Crippen LogP contribution in [0.25, 0.3) is 11.0 Å². The molecule has 9 heteroatoms. The minimum Gasteiger partial charge on any atom is -0.479 e. The van der Waals surface area contributed by atoms with Crippen molar-refractivity contribution in [1.29, 1.82) is 0 Å². The highest BCUT2D eigenvalue weighted by Gasteiger charge is 2.19. The first-order chi connectivity index (χ1) is 12.0. The van der Waals surface area contributed by atoms with E-state index in [0.29, 0.717) is 18.7 Å². The molecule has 0 bridgehead atoms. The van der Waals surface area contributed by atoms with Crippen LogP contribution in [0.1, 0.15) is 36.1 Å². The Morgan fingerprint density at radius 2 is 2.11 bits per heavy atom. The number of halogens is 2. The number of amides is 1. The number of fused-ring (bicyclic) bond motifs is 1. The number of ether oxygens (including phenoxy) is 1. The molecule has 0 aromatic carbocycles. The number of methoxy groups -OCH3 is 1. The first-order valence-corrected chi connectivity index (χ1v) is 8.88. The lowest BCUT2D eigenvalue weighted by atomic mass is 9.99. The Bertz CT molecular complexity index is 788. The van der Waals surface area contributed by atoms with Crippen LogP contribution in [0.15, 0.2) is 0 Å². The smallest absolute Gasteiger partial charge is 0.242 e. The van der Waals surface area contributed by atoms with E-state index in [9.17, 15) is 4.79 Å². The molecule has 2 aromatic heterocycles. The van der Waals surface area contributed by atoms with Crippen LogP contribution in [-0.4, -0.2) is 46.9 Å². The molecule has 7 nitrogen and oxygen atoms in total. The third-order valence-corrected chi connectivity index (χ3v) is 4.98. The maximum absolute atomic E-state index is 12.3. The SMILES string of the molecule is COc1nn(C)c2nc(C)c(CCC(=O)N[C@H]3CCCNC3)c(C)c12.Cl.Cl. The van der Waals surface area contributed by atoms with Crippen molar-refractivity contribution in [2.45, 2.75) is 45.6 Å². The topological polar surface area (TPSA) is 81.1 Å². The lowest BCUT2D eigenvalue weighted by molar-refractivity contribution is -0.121. The molecule has 0 radical (unpaired) electrons. The molecule has 27 heavy (non-hydrogen) atoms. The van der Waals surface area contributed by atoms with E-state index < -0.39 is 0 Å². The fourth-order valence-corrected chi connectivity index (χ4v) is 3.62. The number of hydrogen-bond acceptors (Lipinski definition) is 5. The van der Waals surface area contributed by atoms with Gasteiger partial charge in [0.25, 0.3) is 0 Å². The Hall–Kier alpha value is -1.57. The molecule has 152 valence electrons. The Morgan fingerprint density at radius 3 is 2.74 bits per heavy atom. The van der Waals surface area contributed by atoms with Gasteiger partial charge in [0.2, 0.25) is 11.8 Å². The molecule has 1 amide bonds. The number of nitrogens with zero attached hydrogens (tertiary/aromatic N) is 3. The molecule has 0 saturated carbocycles. The quantitative estimate of drug-likeness (QED) is 0.779. The van der Waals surface area contributed by atoms with Gasteiger partial charge in [-0.15, -0.1) is 29.9 Å². The molecule has 1 aliphatic heterocycles. The monoisotopic (exact) mass is 417 g/mol. The van der Waals surface area contributed by atoms with Crippen molar-refractivity contribution < 1.29 is 9.53 Å². The van der Waals surface area contributed by atoms with Crippen molar-refractivity contribution in [3.8, 4) is 5.88 Å². The molecular formula is C18H29Cl2N5O2. The molecule has 3 heterocycles. The van der Waals surface area contributed by atoms with Gasteiger partial charge in [-0.2, -0.15) is 0 Å². The van der Waals surface area contributed by atoms with E-state index >= 15 is 0 Å². The van der Waals surface area contributed by atoms with Gasteiger partial charge in [0.1, 0.15) is 0 Å². The van der Waals surface area contributed by atoms with Crippen LogP contribution in [0.2, 0.25) is 0 Å². The van der Waals surface area contributed by atoms with Gasteiger partial charge in [-0.25, -0.2) is 9.67 Å². The maximum atomic E-state index is 12.3. The van der Waals surface area contributed by atoms with Crippen molar-refractivity contribution in [3.05, 3.63) is 16.8 Å². The molecule has 1 saturated heterocycles. The van der Waals surface area contributed by atoms with Gasteiger partial charge >= 0.3 is 0 Å². The molecule has 3 rings (SSSR count). The summed E-state index contributed by atoms with van der Waals surface area (Å²) in [7, 11) is 3.48. The number of hydrogen-bond donors (Lipinski definition) is 2. The van der Waals surface area contributed by atoms with E-state index in [0.717, 1.165) is 53.8 Å². The van der Waals surface area contributed by atoms with Crippen molar-refractivity contribution in [3.63, 3.8) is 0 Å². The Kier molecular flexibility index (Phi) is 8.78. The number of carbonyl (C=O) groups is 1. The predicted molar refractivity (Wildman–Crippen MR) is 111 cm³/mol. The Morgan fingerprint density at radius 1 is 1.37 bits per heavy atom. The number of aryl methyl sites for hydroxylation is 3. The Labute approximate surface area is 172 Å². The van der Waals surface area contributed by atoms with Crippen LogP contribution in [0.4, 0.5) is 0 Å².